The van der Waals surface area contributed by atoms with Crippen LogP contribution in [0.3, 0.4) is 0 Å². The second-order valence-corrected chi connectivity index (χ2v) is 6.62. The van der Waals surface area contributed by atoms with E-state index in [1.165, 1.54) is 37.4 Å². The van der Waals surface area contributed by atoms with Gasteiger partial charge in [-0.15, -0.1) is 11.3 Å². The second kappa shape index (κ2) is 6.82. The number of nitrogens with zero attached hydrogens (tertiary/aromatic N) is 2. The number of nitrogens with one attached hydrogen (secondary N) is 1. The fraction of sp³-hybridized carbons (Fsp3) is 0.800. The Labute approximate surface area is 121 Å². The lowest BCUT2D eigenvalue weighted by Crippen LogP contribution is -2.59. The molecule has 1 N–H and O–H groups in total. The Balaban J connectivity index is 2.14. The van der Waals surface area contributed by atoms with E-state index < -0.39 is 0 Å². The number of rotatable bonds is 7. The van der Waals surface area contributed by atoms with E-state index in [9.17, 15) is 0 Å². The van der Waals surface area contributed by atoms with Crippen molar-refractivity contribution in [1.29, 1.82) is 0 Å². The number of hydrogen-bond acceptors (Lipinski definition) is 4. The van der Waals surface area contributed by atoms with Crippen LogP contribution in [0.4, 0.5) is 0 Å². The first-order valence-electron chi connectivity index (χ1n) is 7.57. The van der Waals surface area contributed by atoms with Crippen LogP contribution < -0.4 is 5.32 Å². The van der Waals surface area contributed by atoms with Crippen molar-refractivity contribution < 1.29 is 0 Å². The van der Waals surface area contributed by atoms with Crippen LogP contribution in [0.15, 0.2) is 11.6 Å². The van der Waals surface area contributed by atoms with Crippen molar-refractivity contribution in [2.24, 2.45) is 0 Å². The zero-order chi connectivity index (χ0) is 13.7. The molecule has 1 aromatic rings. The predicted octanol–water partition coefficient (Wildman–Crippen LogP) is 2.93. The molecule has 1 aromatic heterocycles. The van der Waals surface area contributed by atoms with Gasteiger partial charge in [0.25, 0.3) is 0 Å². The standard InChI is InChI=1S/C15H27N3S/c1-4-15(3,18-9-6-7-10-18)13(16-5-2)12-14-17-8-11-19-14/h8,11,13,16H,4-7,9-10,12H2,1-3H3. The molecule has 1 saturated heterocycles. The lowest BCUT2D eigenvalue weighted by molar-refractivity contribution is 0.0847. The third kappa shape index (κ3) is 3.36. The summed E-state index contributed by atoms with van der Waals surface area (Å²) in [4.78, 5) is 7.16. The first kappa shape index (κ1) is 14.9. The molecule has 4 heteroatoms. The third-order valence-corrected chi connectivity index (χ3v) is 5.41. The molecule has 3 nitrogen and oxygen atoms in total. The molecule has 2 rings (SSSR count). The molecule has 0 amide bonds. The molecule has 0 spiro atoms. The molecule has 1 aliphatic heterocycles. The molecule has 19 heavy (non-hydrogen) atoms. The van der Waals surface area contributed by atoms with Gasteiger partial charge >= 0.3 is 0 Å². The van der Waals surface area contributed by atoms with Crippen LogP contribution in [0.1, 0.15) is 45.0 Å². The fourth-order valence-corrected chi connectivity index (χ4v) is 3.87. The highest BCUT2D eigenvalue weighted by Crippen LogP contribution is 2.30. The van der Waals surface area contributed by atoms with Gasteiger partial charge < -0.3 is 5.32 Å². The van der Waals surface area contributed by atoms with E-state index in [1.807, 2.05) is 6.20 Å². The van der Waals surface area contributed by atoms with E-state index in [0.29, 0.717) is 6.04 Å². The summed E-state index contributed by atoms with van der Waals surface area (Å²) in [5, 5.41) is 7.05. The molecule has 1 aliphatic rings. The minimum atomic E-state index is 0.248. The first-order chi connectivity index (χ1) is 9.20. The summed E-state index contributed by atoms with van der Waals surface area (Å²) in [5.41, 5.74) is 0.248. The maximum atomic E-state index is 4.47. The number of thiazole rings is 1. The Kier molecular flexibility index (Phi) is 5.37. The van der Waals surface area contributed by atoms with Crippen LogP contribution in [0, 0.1) is 0 Å². The molecule has 0 aromatic carbocycles. The van der Waals surface area contributed by atoms with Crippen molar-refractivity contribution in [3.63, 3.8) is 0 Å². The Morgan fingerprint density at radius 3 is 2.68 bits per heavy atom. The second-order valence-electron chi connectivity index (χ2n) is 5.65. The molecule has 0 saturated carbocycles. The Morgan fingerprint density at radius 1 is 1.42 bits per heavy atom. The summed E-state index contributed by atoms with van der Waals surface area (Å²) in [6.07, 6.45) is 6.86. The first-order valence-corrected chi connectivity index (χ1v) is 8.45. The lowest BCUT2D eigenvalue weighted by Gasteiger charge is -2.44. The van der Waals surface area contributed by atoms with Gasteiger partial charge in [-0.3, -0.25) is 4.90 Å². The van der Waals surface area contributed by atoms with Crippen molar-refractivity contribution in [2.75, 3.05) is 19.6 Å². The van der Waals surface area contributed by atoms with E-state index >= 15 is 0 Å². The topological polar surface area (TPSA) is 28.2 Å². The van der Waals surface area contributed by atoms with Gasteiger partial charge in [0.1, 0.15) is 0 Å². The van der Waals surface area contributed by atoms with E-state index in [4.69, 9.17) is 0 Å². The van der Waals surface area contributed by atoms with Crippen molar-refractivity contribution in [1.82, 2.24) is 15.2 Å². The van der Waals surface area contributed by atoms with E-state index in [1.54, 1.807) is 11.3 Å². The van der Waals surface area contributed by atoms with E-state index in [2.05, 4.69) is 41.4 Å². The molecule has 2 unspecified atom stereocenters. The zero-order valence-corrected chi connectivity index (χ0v) is 13.3. The quantitative estimate of drug-likeness (QED) is 0.833. The van der Waals surface area contributed by atoms with Crippen molar-refractivity contribution in [3.8, 4) is 0 Å². The summed E-state index contributed by atoms with van der Waals surface area (Å²) in [7, 11) is 0. The zero-order valence-electron chi connectivity index (χ0n) is 12.5. The van der Waals surface area contributed by atoms with Crippen LogP contribution in [0.25, 0.3) is 0 Å². The minimum absolute atomic E-state index is 0.248. The van der Waals surface area contributed by atoms with Gasteiger partial charge in [0.05, 0.1) is 5.01 Å². The van der Waals surface area contributed by atoms with Gasteiger partial charge in [0.2, 0.25) is 0 Å². The molecule has 0 aliphatic carbocycles. The lowest BCUT2D eigenvalue weighted by atomic mass is 9.85. The molecule has 2 heterocycles. The van der Waals surface area contributed by atoms with Gasteiger partial charge in [-0.1, -0.05) is 13.8 Å². The smallest absolute Gasteiger partial charge is 0.0941 e. The van der Waals surface area contributed by atoms with E-state index in [0.717, 1.165) is 13.0 Å². The van der Waals surface area contributed by atoms with Gasteiger partial charge in [-0.2, -0.15) is 0 Å². The molecule has 1 fully saturated rings. The maximum absolute atomic E-state index is 4.47. The highest BCUT2D eigenvalue weighted by molar-refractivity contribution is 7.09. The minimum Gasteiger partial charge on any atom is -0.312 e. The molecule has 0 bridgehead atoms. The average molecular weight is 281 g/mol. The summed E-state index contributed by atoms with van der Waals surface area (Å²) < 4.78 is 0. The van der Waals surface area contributed by atoms with Gasteiger partial charge in [-0.25, -0.2) is 4.98 Å². The van der Waals surface area contributed by atoms with Crippen molar-refractivity contribution in [3.05, 3.63) is 16.6 Å². The Hall–Kier alpha value is -0.450. The number of likely N-dealkylation sites (tertiary alicyclic amines) is 1. The van der Waals surface area contributed by atoms with Crippen LogP contribution in [-0.4, -0.2) is 41.1 Å². The highest BCUT2D eigenvalue weighted by Gasteiger charge is 2.39. The summed E-state index contributed by atoms with van der Waals surface area (Å²) in [6, 6.07) is 0.492. The van der Waals surface area contributed by atoms with Gasteiger partial charge in [0, 0.05) is 29.6 Å². The summed E-state index contributed by atoms with van der Waals surface area (Å²) in [6.45, 7) is 10.5. The van der Waals surface area contributed by atoms with Crippen LogP contribution >= 0.6 is 11.3 Å². The van der Waals surface area contributed by atoms with Crippen LogP contribution in [0.5, 0.6) is 0 Å². The van der Waals surface area contributed by atoms with E-state index in [-0.39, 0.29) is 5.54 Å². The maximum Gasteiger partial charge on any atom is 0.0941 e. The monoisotopic (exact) mass is 281 g/mol. The number of hydrogen-bond donors (Lipinski definition) is 1. The predicted molar refractivity (Wildman–Crippen MR) is 82.8 cm³/mol. The fourth-order valence-electron chi connectivity index (χ4n) is 3.21. The summed E-state index contributed by atoms with van der Waals surface area (Å²) >= 11 is 1.78. The number of aromatic nitrogens is 1. The molecule has 108 valence electrons. The Morgan fingerprint density at radius 2 is 2.16 bits per heavy atom. The number of likely N-dealkylation sites (N-methyl/N-ethyl adjacent to an activating group) is 1. The molecule has 0 radical (unpaired) electrons. The summed E-state index contributed by atoms with van der Waals surface area (Å²) in [5.74, 6) is 0. The molecular formula is C15H27N3S. The third-order valence-electron chi connectivity index (χ3n) is 4.61. The average Bonchev–Trinajstić information content (AvgIpc) is 3.10. The SMILES string of the molecule is CCNC(Cc1nccs1)C(C)(CC)N1CCCC1. The van der Waals surface area contributed by atoms with Gasteiger partial charge in [-0.05, 0) is 45.8 Å². The van der Waals surface area contributed by atoms with Crippen LogP contribution in [-0.2, 0) is 6.42 Å². The normalized spacial score (nSPS) is 21.4. The highest BCUT2D eigenvalue weighted by atomic mass is 32.1. The Bertz CT molecular complexity index is 359. The van der Waals surface area contributed by atoms with Gasteiger partial charge in [0.15, 0.2) is 0 Å². The van der Waals surface area contributed by atoms with Crippen LogP contribution in [0.2, 0.25) is 0 Å². The molecular weight excluding hydrogens is 254 g/mol. The van der Waals surface area contributed by atoms with Crippen molar-refractivity contribution in [2.45, 2.75) is 58.0 Å². The molecule has 2 atom stereocenters. The largest absolute Gasteiger partial charge is 0.312 e. The van der Waals surface area contributed by atoms with Crippen molar-refractivity contribution >= 4 is 11.3 Å².